The van der Waals surface area contributed by atoms with Gasteiger partial charge >= 0.3 is 0 Å². The number of carbonyl (C=O) groups is 1. The lowest BCUT2D eigenvalue weighted by atomic mass is 10.1. The van der Waals surface area contributed by atoms with Crippen LogP contribution in [0.1, 0.15) is 33.7 Å². The Hall–Kier alpha value is -3.26. The molecule has 2 aliphatic rings. The average Bonchev–Trinajstić information content (AvgIpc) is 3.56. The van der Waals surface area contributed by atoms with E-state index in [4.69, 9.17) is 5.10 Å². The zero-order valence-electron chi connectivity index (χ0n) is 18.0. The number of hydrogen-bond acceptors (Lipinski definition) is 6. The largest absolute Gasteiger partial charge is 0.352 e. The van der Waals surface area contributed by atoms with E-state index in [0.29, 0.717) is 18.8 Å². The summed E-state index contributed by atoms with van der Waals surface area (Å²) in [7, 11) is 0. The fourth-order valence-corrected chi connectivity index (χ4v) is 5.54. The first-order chi connectivity index (χ1) is 15.7. The van der Waals surface area contributed by atoms with Crippen LogP contribution in [-0.2, 0) is 12.8 Å². The molecule has 7 nitrogen and oxygen atoms in total. The number of fused-ring (bicyclic) bond motifs is 2. The highest BCUT2D eigenvalue weighted by Gasteiger charge is 2.31. The number of rotatable bonds is 3. The molecule has 0 radical (unpaired) electrons. The van der Waals surface area contributed by atoms with E-state index < -0.39 is 0 Å². The molecule has 32 heavy (non-hydrogen) atoms. The first kappa shape index (κ1) is 19.4. The molecule has 4 heterocycles. The van der Waals surface area contributed by atoms with Crippen molar-refractivity contribution < 1.29 is 4.79 Å². The summed E-state index contributed by atoms with van der Waals surface area (Å²) in [5, 5.41) is 7.95. The number of hydrogen-bond donors (Lipinski definition) is 0. The minimum Gasteiger partial charge on any atom is -0.352 e. The van der Waals surface area contributed by atoms with E-state index >= 15 is 0 Å². The predicted molar refractivity (Wildman–Crippen MR) is 126 cm³/mol. The normalized spacial score (nSPS) is 16.0. The third-order valence-electron chi connectivity index (χ3n) is 6.52. The number of carbonyl (C=O) groups excluding carboxylic acids is 1. The molecule has 0 atom stereocenters. The summed E-state index contributed by atoms with van der Waals surface area (Å²) in [6.45, 7) is 4.93. The summed E-state index contributed by atoms with van der Waals surface area (Å²) < 4.78 is 1.99. The monoisotopic (exact) mass is 444 g/mol. The molecular weight excluding hydrogens is 420 g/mol. The number of aryl methyl sites for hydroxylation is 1. The molecule has 1 aliphatic heterocycles. The van der Waals surface area contributed by atoms with E-state index in [-0.39, 0.29) is 5.91 Å². The van der Waals surface area contributed by atoms with Crippen molar-refractivity contribution in [3.63, 3.8) is 0 Å². The lowest BCUT2D eigenvalue weighted by Crippen LogP contribution is -2.49. The minimum atomic E-state index is 0.0528. The second kappa shape index (κ2) is 7.70. The van der Waals surface area contributed by atoms with Crippen molar-refractivity contribution in [1.29, 1.82) is 0 Å². The Balaban J connectivity index is 1.24. The van der Waals surface area contributed by atoms with Crippen LogP contribution in [0.3, 0.4) is 0 Å². The number of thiophene rings is 1. The first-order valence-corrected chi connectivity index (χ1v) is 12.0. The molecule has 4 aromatic rings. The zero-order valence-corrected chi connectivity index (χ0v) is 18.8. The Bertz CT molecular complexity index is 1300. The third kappa shape index (κ3) is 3.17. The fourth-order valence-electron chi connectivity index (χ4n) is 4.81. The third-order valence-corrected chi connectivity index (χ3v) is 7.34. The molecule has 1 fully saturated rings. The number of anilines is 1. The van der Waals surface area contributed by atoms with Gasteiger partial charge in [0.25, 0.3) is 5.91 Å². The molecule has 1 aliphatic carbocycles. The molecule has 1 saturated heterocycles. The number of benzene rings is 1. The van der Waals surface area contributed by atoms with E-state index in [1.54, 1.807) is 17.7 Å². The van der Waals surface area contributed by atoms with Crippen LogP contribution >= 0.6 is 11.3 Å². The van der Waals surface area contributed by atoms with Crippen LogP contribution in [0.5, 0.6) is 0 Å². The van der Waals surface area contributed by atoms with E-state index in [1.165, 1.54) is 11.3 Å². The summed E-state index contributed by atoms with van der Waals surface area (Å²) in [4.78, 5) is 27.6. The predicted octanol–water partition coefficient (Wildman–Crippen LogP) is 3.64. The van der Waals surface area contributed by atoms with Crippen LogP contribution in [0, 0.1) is 6.92 Å². The molecule has 8 heteroatoms. The molecule has 1 aromatic carbocycles. The van der Waals surface area contributed by atoms with Gasteiger partial charge in [-0.15, -0.1) is 11.3 Å². The number of amides is 1. The van der Waals surface area contributed by atoms with Gasteiger partial charge in [-0.3, -0.25) is 4.79 Å². The van der Waals surface area contributed by atoms with Crippen LogP contribution in [0.4, 0.5) is 5.82 Å². The number of aromatic nitrogens is 4. The minimum absolute atomic E-state index is 0.0528. The Labute approximate surface area is 190 Å². The topological polar surface area (TPSA) is 67.2 Å². The number of piperazine rings is 1. The zero-order chi connectivity index (χ0) is 21.7. The Kier molecular flexibility index (Phi) is 4.68. The van der Waals surface area contributed by atoms with Crippen LogP contribution in [0.15, 0.2) is 42.0 Å². The molecule has 0 N–H and O–H groups in total. The lowest BCUT2D eigenvalue weighted by Gasteiger charge is -2.35. The van der Waals surface area contributed by atoms with Crippen molar-refractivity contribution >= 4 is 33.3 Å². The van der Waals surface area contributed by atoms with Crippen molar-refractivity contribution in [3.05, 3.63) is 64.6 Å². The van der Waals surface area contributed by atoms with Gasteiger partial charge in [0.15, 0.2) is 5.69 Å². The maximum atomic E-state index is 13.5. The van der Waals surface area contributed by atoms with E-state index in [9.17, 15) is 4.79 Å². The summed E-state index contributed by atoms with van der Waals surface area (Å²) in [5.41, 5.74) is 5.20. The van der Waals surface area contributed by atoms with E-state index in [0.717, 1.165) is 59.6 Å². The molecule has 0 unspecified atom stereocenters. The van der Waals surface area contributed by atoms with Crippen molar-refractivity contribution in [3.8, 4) is 5.69 Å². The van der Waals surface area contributed by atoms with Crippen LogP contribution in [-0.4, -0.2) is 56.7 Å². The first-order valence-electron chi connectivity index (χ1n) is 11.1. The Morgan fingerprint density at radius 3 is 2.62 bits per heavy atom. The van der Waals surface area contributed by atoms with Crippen LogP contribution in [0.25, 0.3) is 15.9 Å². The summed E-state index contributed by atoms with van der Waals surface area (Å²) >= 11 is 1.63. The molecule has 0 saturated carbocycles. The lowest BCUT2D eigenvalue weighted by molar-refractivity contribution is 0.0739. The van der Waals surface area contributed by atoms with Crippen molar-refractivity contribution in [1.82, 2.24) is 24.6 Å². The second-order valence-electron chi connectivity index (χ2n) is 8.49. The van der Waals surface area contributed by atoms with Gasteiger partial charge in [-0.1, -0.05) is 17.7 Å². The molecule has 1 amide bonds. The van der Waals surface area contributed by atoms with Gasteiger partial charge in [-0.2, -0.15) is 5.10 Å². The summed E-state index contributed by atoms with van der Waals surface area (Å²) in [6.07, 6.45) is 4.62. The maximum absolute atomic E-state index is 13.5. The SMILES string of the molecule is Cc1ccc(-n2nc(C(=O)N3CCN(c4ncnc5sccc45)CC3)c3c2CCC3)cc1. The Morgan fingerprint density at radius 2 is 1.81 bits per heavy atom. The molecular formula is C24H24N6OS. The molecule has 3 aromatic heterocycles. The van der Waals surface area contributed by atoms with E-state index in [1.807, 2.05) is 15.0 Å². The Morgan fingerprint density at radius 1 is 1.00 bits per heavy atom. The van der Waals surface area contributed by atoms with Crippen molar-refractivity contribution in [2.75, 3.05) is 31.1 Å². The second-order valence-corrected chi connectivity index (χ2v) is 9.39. The van der Waals surface area contributed by atoms with E-state index in [2.05, 4.69) is 52.1 Å². The summed E-state index contributed by atoms with van der Waals surface area (Å²) in [6, 6.07) is 10.4. The van der Waals surface area contributed by atoms with Gasteiger partial charge in [0.1, 0.15) is 17.0 Å². The van der Waals surface area contributed by atoms with Crippen molar-refractivity contribution in [2.45, 2.75) is 26.2 Å². The van der Waals surface area contributed by atoms with Gasteiger partial charge in [0, 0.05) is 37.4 Å². The summed E-state index contributed by atoms with van der Waals surface area (Å²) in [5.74, 6) is 1.02. The van der Waals surface area contributed by atoms with Crippen molar-refractivity contribution in [2.24, 2.45) is 0 Å². The average molecular weight is 445 g/mol. The highest BCUT2D eigenvalue weighted by molar-refractivity contribution is 7.16. The van der Waals surface area contributed by atoms with Gasteiger partial charge in [0.05, 0.1) is 11.1 Å². The number of nitrogens with zero attached hydrogens (tertiary/aromatic N) is 6. The van der Waals surface area contributed by atoms with Gasteiger partial charge in [-0.25, -0.2) is 14.6 Å². The molecule has 0 spiro atoms. The van der Waals surface area contributed by atoms with Gasteiger partial charge in [0.2, 0.25) is 0 Å². The van der Waals surface area contributed by atoms with Crippen LogP contribution in [0.2, 0.25) is 0 Å². The standard InChI is InChI=1S/C24H24N6OS/c1-16-5-7-17(8-6-16)30-20-4-2-3-18(20)21(27-30)24(31)29-12-10-28(11-13-29)22-19-9-14-32-23(19)26-15-25-22/h5-9,14-15H,2-4,10-13H2,1H3. The highest BCUT2D eigenvalue weighted by Crippen LogP contribution is 2.30. The van der Waals surface area contributed by atoms with Gasteiger partial charge in [-0.05, 0) is 49.8 Å². The quantitative estimate of drug-likeness (QED) is 0.483. The molecule has 6 rings (SSSR count). The highest BCUT2D eigenvalue weighted by atomic mass is 32.1. The smallest absolute Gasteiger partial charge is 0.274 e. The molecule has 0 bridgehead atoms. The van der Waals surface area contributed by atoms with Crippen LogP contribution < -0.4 is 4.90 Å². The molecule has 162 valence electrons. The van der Waals surface area contributed by atoms with Gasteiger partial charge < -0.3 is 9.80 Å². The maximum Gasteiger partial charge on any atom is 0.274 e. The fraction of sp³-hybridized carbons (Fsp3) is 0.333.